The number of fused-ring (bicyclic) bond motifs is 2. The lowest BCUT2D eigenvalue weighted by atomic mass is 9.97. The van der Waals surface area contributed by atoms with E-state index in [2.05, 4.69) is 11.1 Å². The van der Waals surface area contributed by atoms with Crippen LogP contribution in [0.2, 0.25) is 0 Å². The van der Waals surface area contributed by atoms with E-state index >= 15 is 0 Å². The van der Waals surface area contributed by atoms with E-state index in [1.54, 1.807) is 16.8 Å². The van der Waals surface area contributed by atoms with Crippen molar-refractivity contribution in [2.75, 3.05) is 6.61 Å². The van der Waals surface area contributed by atoms with Gasteiger partial charge in [0.15, 0.2) is 0 Å². The fraction of sp³-hybridized carbons (Fsp3) is 0.211. The number of hydrogen-bond acceptors (Lipinski definition) is 4. The molecule has 0 aliphatic carbocycles. The molecule has 1 atom stereocenters. The van der Waals surface area contributed by atoms with Crippen molar-refractivity contribution >= 4 is 10.9 Å². The predicted molar refractivity (Wildman–Crippen MR) is 92.4 cm³/mol. The normalized spacial score (nSPS) is 16.4. The van der Waals surface area contributed by atoms with Gasteiger partial charge in [-0.2, -0.15) is 5.26 Å². The molecule has 124 valence electrons. The van der Waals surface area contributed by atoms with Crippen molar-refractivity contribution in [1.29, 1.82) is 5.26 Å². The van der Waals surface area contributed by atoms with Crippen LogP contribution in [-0.2, 0) is 17.7 Å². The molecule has 1 N–H and O–H groups in total. The highest BCUT2D eigenvalue weighted by molar-refractivity contribution is 5.78. The van der Waals surface area contributed by atoms with Crippen LogP contribution in [-0.4, -0.2) is 16.2 Å². The van der Waals surface area contributed by atoms with Crippen LogP contribution in [0, 0.1) is 11.3 Å². The molecule has 0 bridgehead atoms. The maximum absolute atomic E-state index is 12.8. The molecule has 0 spiro atoms. The van der Waals surface area contributed by atoms with Gasteiger partial charge in [0.05, 0.1) is 24.1 Å². The summed E-state index contributed by atoms with van der Waals surface area (Å²) < 4.78 is 7.43. The molecular formula is C19H15N3O3. The molecule has 0 unspecified atom stereocenters. The SMILES string of the molecule is N#Cc1cc2c(=O)n(C[C@H]3OCCc4ccccc43)ccc2[nH]c1=O. The Balaban J connectivity index is 1.78. The van der Waals surface area contributed by atoms with Crippen molar-refractivity contribution in [3.05, 3.63) is 80.0 Å². The Morgan fingerprint density at radius 1 is 1.28 bits per heavy atom. The summed E-state index contributed by atoms with van der Waals surface area (Å²) in [5.74, 6) is 0. The van der Waals surface area contributed by atoms with Crippen LogP contribution in [0.1, 0.15) is 22.8 Å². The smallest absolute Gasteiger partial charge is 0.266 e. The van der Waals surface area contributed by atoms with E-state index in [9.17, 15) is 9.59 Å². The Bertz CT molecular complexity index is 1120. The van der Waals surface area contributed by atoms with Crippen molar-refractivity contribution in [3.63, 3.8) is 0 Å². The number of rotatable bonds is 2. The van der Waals surface area contributed by atoms with Crippen molar-refractivity contribution in [1.82, 2.24) is 9.55 Å². The Morgan fingerprint density at radius 3 is 2.96 bits per heavy atom. The summed E-state index contributed by atoms with van der Waals surface area (Å²) in [5, 5.41) is 9.33. The third-order valence-electron chi connectivity index (χ3n) is 4.56. The summed E-state index contributed by atoms with van der Waals surface area (Å²) in [7, 11) is 0. The first-order valence-corrected chi connectivity index (χ1v) is 8.03. The van der Waals surface area contributed by atoms with Crippen LogP contribution < -0.4 is 11.1 Å². The molecule has 0 radical (unpaired) electrons. The first kappa shape index (κ1) is 15.4. The van der Waals surface area contributed by atoms with Gasteiger partial charge in [-0.05, 0) is 29.7 Å². The van der Waals surface area contributed by atoms with Gasteiger partial charge in [0.25, 0.3) is 11.1 Å². The van der Waals surface area contributed by atoms with E-state index in [4.69, 9.17) is 10.00 Å². The molecule has 0 saturated carbocycles. The van der Waals surface area contributed by atoms with Gasteiger partial charge in [-0.1, -0.05) is 24.3 Å². The number of hydrogen-bond donors (Lipinski definition) is 1. The highest BCUT2D eigenvalue weighted by atomic mass is 16.5. The predicted octanol–water partition coefficient (Wildman–Crippen LogP) is 1.88. The molecule has 25 heavy (non-hydrogen) atoms. The maximum Gasteiger partial charge on any atom is 0.266 e. The maximum atomic E-state index is 12.8. The average molecular weight is 333 g/mol. The number of nitrogens with one attached hydrogen (secondary N) is 1. The second-order valence-corrected chi connectivity index (χ2v) is 6.03. The fourth-order valence-corrected chi connectivity index (χ4v) is 3.27. The molecule has 6 nitrogen and oxygen atoms in total. The second kappa shape index (κ2) is 6.04. The van der Waals surface area contributed by atoms with Gasteiger partial charge in [-0.3, -0.25) is 9.59 Å². The lowest BCUT2D eigenvalue weighted by Gasteiger charge is -2.26. The minimum absolute atomic E-state index is 0.0680. The number of aromatic nitrogens is 2. The number of ether oxygens (including phenoxy) is 1. The zero-order valence-corrected chi connectivity index (χ0v) is 13.4. The Hall–Kier alpha value is -3.17. The van der Waals surface area contributed by atoms with Gasteiger partial charge >= 0.3 is 0 Å². The number of H-pyrrole nitrogens is 1. The molecular weight excluding hydrogens is 318 g/mol. The summed E-state index contributed by atoms with van der Waals surface area (Å²) >= 11 is 0. The summed E-state index contributed by atoms with van der Waals surface area (Å²) in [6.45, 7) is 1.00. The number of aromatic amines is 1. The highest BCUT2D eigenvalue weighted by Gasteiger charge is 2.21. The number of nitriles is 1. The van der Waals surface area contributed by atoms with E-state index in [-0.39, 0.29) is 17.2 Å². The van der Waals surface area contributed by atoms with Crippen LogP contribution in [0.25, 0.3) is 10.9 Å². The van der Waals surface area contributed by atoms with Crippen molar-refractivity contribution in [2.24, 2.45) is 0 Å². The highest BCUT2D eigenvalue weighted by Crippen LogP contribution is 2.28. The molecule has 1 aromatic carbocycles. The molecule has 4 rings (SSSR count). The van der Waals surface area contributed by atoms with Gasteiger partial charge in [0.1, 0.15) is 17.7 Å². The summed E-state index contributed by atoms with van der Waals surface area (Å²) in [6, 6.07) is 12.9. The number of benzene rings is 1. The minimum atomic E-state index is -0.489. The van der Waals surface area contributed by atoms with Crippen molar-refractivity contribution in [2.45, 2.75) is 19.1 Å². The number of nitrogens with zero attached hydrogens (tertiary/aromatic N) is 2. The van der Waals surface area contributed by atoms with Gasteiger partial charge in [0.2, 0.25) is 0 Å². The molecule has 1 aliphatic heterocycles. The number of pyridine rings is 2. The minimum Gasteiger partial charge on any atom is -0.371 e. The molecule has 1 aliphatic rings. The first-order chi connectivity index (χ1) is 12.2. The van der Waals surface area contributed by atoms with E-state index in [0.717, 1.165) is 12.0 Å². The van der Waals surface area contributed by atoms with Crippen molar-refractivity contribution < 1.29 is 4.74 Å². The van der Waals surface area contributed by atoms with Gasteiger partial charge in [-0.25, -0.2) is 0 Å². The Morgan fingerprint density at radius 2 is 2.12 bits per heavy atom. The standard InChI is InChI=1S/C19H15N3O3/c20-10-13-9-15-16(21-18(13)23)5-7-22(19(15)24)11-17-14-4-2-1-3-12(14)6-8-25-17/h1-5,7,9,17H,6,8,11H2,(H,21,23)/t17-/m1/s1. The van der Waals surface area contributed by atoms with Crippen LogP contribution >= 0.6 is 0 Å². The van der Waals surface area contributed by atoms with Gasteiger partial charge in [0, 0.05) is 6.20 Å². The third-order valence-corrected chi connectivity index (χ3v) is 4.56. The van der Waals surface area contributed by atoms with Crippen LogP contribution in [0.3, 0.4) is 0 Å². The monoisotopic (exact) mass is 333 g/mol. The van der Waals surface area contributed by atoms with Crippen molar-refractivity contribution in [3.8, 4) is 6.07 Å². The lowest BCUT2D eigenvalue weighted by molar-refractivity contribution is 0.0300. The molecule has 6 heteroatoms. The largest absolute Gasteiger partial charge is 0.371 e. The molecule has 0 amide bonds. The third kappa shape index (κ3) is 2.65. The zero-order valence-electron chi connectivity index (χ0n) is 13.4. The summed E-state index contributed by atoms with van der Waals surface area (Å²) in [5.41, 5.74) is 1.95. The van der Waals surface area contributed by atoms with E-state index in [0.29, 0.717) is 24.1 Å². The molecule has 0 saturated heterocycles. The molecule has 0 fully saturated rings. The first-order valence-electron chi connectivity index (χ1n) is 8.03. The van der Waals surface area contributed by atoms with E-state index in [1.165, 1.54) is 11.6 Å². The zero-order chi connectivity index (χ0) is 17.4. The Labute approximate surface area is 142 Å². The molecule has 3 aromatic rings. The lowest BCUT2D eigenvalue weighted by Crippen LogP contribution is -2.27. The van der Waals surface area contributed by atoms with Gasteiger partial charge in [-0.15, -0.1) is 0 Å². The van der Waals surface area contributed by atoms with E-state index in [1.807, 2.05) is 24.3 Å². The van der Waals surface area contributed by atoms with Crippen LogP contribution in [0.15, 0.2) is 52.2 Å². The average Bonchev–Trinajstić information content (AvgIpc) is 2.64. The summed E-state index contributed by atoms with van der Waals surface area (Å²) in [4.78, 5) is 27.1. The van der Waals surface area contributed by atoms with Crippen LogP contribution in [0.4, 0.5) is 0 Å². The van der Waals surface area contributed by atoms with E-state index < -0.39 is 5.56 Å². The van der Waals surface area contributed by atoms with Gasteiger partial charge < -0.3 is 14.3 Å². The molecule has 2 aromatic heterocycles. The summed E-state index contributed by atoms with van der Waals surface area (Å²) in [6.07, 6.45) is 2.32. The quantitative estimate of drug-likeness (QED) is 0.775. The van der Waals surface area contributed by atoms with Crippen LogP contribution in [0.5, 0.6) is 0 Å². The molecule has 3 heterocycles. The second-order valence-electron chi connectivity index (χ2n) is 6.03. The topological polar surface area (TPSA) is 87.9 Å². The fourth-order valence-electron chi connectivity index (χ4n) is 3.27. The Kier molecular flexibility index (Phi) is 3.71.